The molecule has 0 aliphatic heterocycles. The molecule has 1 fully saturated rings. The van der Waals surface area contributed by atoms with E-state index in [1.807, 2.05) is 26.2 Å². The fourth-order valence-corrected chi connectivity index (χ4v) is 3.20. The Bertz CT molecular complexity index is 436. The molecular formula is C14H22N2O2S. The van der Waals surface area contributed by atoms with Crippen LogP contribution in [0.4, 0.5) is 0 Å². The summed E-state index contributed by atoms with van der Waals surface area (Å²) in [6.45, 7) is 6.05. The van der Waals surface area contributed by atoms with Gasteiger partial charge in [-0.15, -0.1) is 11.3 Å². The lowest BCUT2D eigenvalue weighted by Crippen LogP contribution is -2.43. The predicted molar refractivity (Wildman–Crippen MR) is 76.2 cm³/mol. The van der Waals surface area contributed by atoms with E-state index in [9.17, 15) is 4.79 Å². The highest BCUT2D eigenvalue weighted by molar-refractivity contribution is 7.09. The SMILES string of the molecule is Cc1csc(C(C)(C)NC(=O)COC2CCCC2)n1. The van der Waals surface area contributed by atoms with Gasteiger partial charge in [-0.1, -0.05) is 12.8 Å². The van der Waals surface area contributed by atoms with Crippen LogP contribution >= 0.6 is 11.3 Å². The Morgan fingerprint density at radius 3 is 2.79 bits per heavy atom. The first kappa shape index (κ1) is 14.5. The molecule has 106 valence electrons. The van der Waals surface area contributed by atoms with E-state index < -0.39 is 5.54 Å². The molecule has 19 heavy (non-hydrogen) atoms. The van der Waals surface area contributed by atoms with Crippen molar-refractivity contribution in [3.8, 4) is 0 Å². The minimum absolute atomic E-state index is 0.0650. The number of nitrogens with zero attached hydrogens (tertiary/aromatic N) is 1. The summed E-state index contributed by atoms with van der Waals surface area (Å²) in [5.74, 6) is -0.0650. The van der Waals surface area contributed by atoms with Gasteiger partial charge in [0.2, 0.25) is 5.91 Å². The lowest BCUT2D eigenvalue weighted by atomic mass is 10.1. The number of carbonyl (C=O) groups is 1. The van der Waals surface area contributed by atoms with Gasteiger partial charge in [0.1, 0.15) is 11.6 Å². The number of nitrogens with one attached hydrogen (secondary N) is 1. The van der Waals surface area contributed by atoms with Gasteiger partial charge < -0.3 is 10.1 Å². The minimum atomic E-state index is -0.435. The number of hydrogen-bond acceptors (Lipinski definition) is 4. The second-order valence-corrected chi connectivity index (χ2v) is 6.54. The largest absolute Gasteiger partial charge is 0.368 e. The molecule has 4 nitrogen and oxygen atoms in total. The first-order valence-corrected chi connectivity index (χ1v) is 7.70. The summed E-state index contributed by atoms with van der Waals surface area (Å²) in [5, 5.41) is 5.92. The summed E-state index contributed by atoms with van der Waals surface area (Å²) < 4.78 is 5.62. The minimum Gasteiger partial charge on any atom is -0.368 e. The summed E-state index contributed by atoms with van der Waals surface area (Å²) in [7, 11) is 0. The Labute approximate surface area is 118 Å². The van der Waals surface area contributed by atoms with Crippen LogP contribution in [0.1, 0.15) is 50.2 Å². The predicted octanol–water partition coefficient (Wildman–Crippen LogP) is 2.76. The maximum absolute atomic E-state index is 11.9. The van der Waals surface area contributed by atoms with Crippen LogP contribution in [-0.4, -0.2) is 23.6 Å². The molecule has 1 aromatic heterocycles. The monoisotopic (exact) mass is 282 g/mol. The average Bonchev–Trinajstić information content (AvgIpc) is 2.96. The first-order valence-electron chi connectivity index (χ1n) is 6.82. The topological polar surface area (TPSA) is 51.2 Å². The standard InChI is InChI=1S/C14H22N2O2S/c1-10-9-19-13(15-10)14(2,3)16-12(17)8-18-11-6-4-5-7-11/h9,11H,4-8H2,1-3H3,(H,16,17). The molecular weight excluding hydrogens is 260 g/mol. The van der Waals surface area contributed by atoms with Crippen LogP contribution in [0.2, 0.25) is 0 Å². The lowest BCUT2D eigenvalue weighted by Gasteiger charge is -2.24. The van der Waals surface area contributed by atoms with Crippen LogP contribution in [0.5, 0.6) is 0 Å². The summed E-state index contributed by atoms with van der Waals surface area (Å²) in [4.78, 5) is 16.4. The molecule has 0 aromatic carbocycles. The number of aryl methyl sites for hydroxylation is 1. The maximum Gasteiger partial charge on any atom is 0.246 e. The Morgan fingerprint density at radius 2 is 2.21 bits per heavy atom. The zero-order chi connectivity index (χ0) is 13.9. The van der Waals surface area contributed by atoms with Crippen molar-refractivity contribution in [3.63, 3.8) is 0 Å². The van der Waals surface area contributed by atoms with Gasteiger partial charge in [-0.3, -0.25) is 4.79 Å². The van der Waals surface area contributed by atoms with Gasteiger partial charge in [-0.25, -0.2) is 4.98 Å². The second kappa shape index (κ2) is 6.01. The van der Waals surface area contributed by atoms with Crippen molar-refractivity contribution < 1.29 is 9.53 Å². The Balaban J connectivity index is 1.83. The van der Waals surface area contributed by atoms with E-state index in [1.165, 1.54) is 12.8 Å². The molecule has 0 saturated heterocycles. The van der Waals surface area contributed by atoms with Crippen molar-refractivity contribution in [3.05, 3.63) is 16.1 Å². The molecule has 1 amide bonds. The van der Waals surface area contributed by atoms with E-state index in [2.05, 4.69) is 10.3 Å². The van der Waals surface area contributed by atoms with Gasteiger partial charge in [0.15, 0.2) is 0 Å². The quantitative estimate of drug-likeness (QED) is 0.903. The highest BCUT2D eigenvalue weighted by Gasteiger charge is 2.26. The zero-order valence-corrected chi connectivity index (χ0v) is 12.7. The molecule has 1 N–H and O–H groups in total. The summed E-state index contributed by atoms with van der Waals surface area (Å²) in [6, 6.07) is 0. The molecule has 2 rings (SSSR count). The molecule has 0 bridgehead atoms. The van der Waals surface area contributed by atoms with Gasteiger partial charge in [0.25, 0.3) is 0 Å². The van der Waals surface area contributed by atoms with Crippen LogP contribution in [-0.2, 0) is 15.1 Å². The Morgan fingerprint density at radius 1 is 1.53 bits per heavy atom. The van der Waals surface area contributed by atoms with Crippen LogP contribution in [0.25, 0.3) is 0 Å². The van der Waals surface area contributed by atoms with Gasteiger partial charge in [-0.05, 0) is 33.6 Å². The number of ether oxygens (including phenoxy) is 1. The number of rotatable bonds is 5. The highest BCUT2D eigenvalue weighted by Crippen LogP contribution is 2.24. The van der Waals surface area contributed by atoms with Crippen molar-refractivity contribution in [2.24, 2.45) is 0 Å². The van der Waals surface area contributed by atoms with Crippen molar-refractivity contribution in [1.82, 2.24) is 10.3 Å². The highest BCUT2D eigenvalue weighted by atomic mass is 32.1. The van der Waals surface area contributed by atoms with E-state index in [-0.39, 0.29) is 18.6 Å². The molecule has 0 spiro atoms. The van der Waals surface area contributed by atoms with Crippen molar-refractivity contribution in [2.75, 3.05) is 6.61 Å². The summed E-state index contributed by atoms with van der Waals surface area (Å²) in [5.41, 5.74) is 0.555. The zero-order valence-electron chi connectivity index (χ0n) is 11.9. The normalized spacial score (nSPS) is 16.8. The van der Waals surface area contributed by atoms with Crippen molar-refractivity contribution >= 4 is 17.2 Å². The molecule has 0 unspecified atom stereocenters. The average molecular weight is 282 g/mol. The third-order valence-corrected chi connectivity index (χ3v) is 4.64. The molecule has 5 heteroatoms. The van der Waals surface area contributed by atoms with Crippen molar-refractivity contribution in [1.29, 1.82) is 0 Å². The summed E-state index contributed by atoms with van der Waals surface area (Å²) in [6.07, 6.45) is 4.88. The molecule has 1 aliphatic rings. The smallest absolute Gasteiger partial charge is 0.246 e. The molecule has 1 aliphatic carbocycles. The Kier molecular flexibility index (Phi) is 4.58. The van der Waals surface area contributed by atoms with Crippen LogP contribution < -0.4 is 5.32 Å². The number of hydrogen-bond donors (Lipinski definition) is 1. The van der Waals surface area contributed by atoms with Crippen LogP contribution in [0, 0.1) is 6.92 Å². The third kappa shape index (κ3) is 4.01. The lowest BCUT2D eigenvalue weighted by molar-refractivity contribution is -0.129. The first-order chi connectivity index (χ1) is 8.97. The van der Waals surface area contributed by atoms with Crippen LogP contribution in [0.3, 0.4) is 0 Å². The number of aromatic nitrogens is 1. The van der Waals surface area contributed by atoms with E-state index >= 15 is 0 Å². The van der Waals surface area contributed by atoms with Gasteiger partial charge >= 0.3 is 0 Å². The van der Waals surface area contributed by atoms with Crippen molar-refractivity contribution in [2.45, 2.75) is 58.1 Å². The molecule has 1 saturated carbocycles. The summed E-state index contributed by atoms with van der Waals surface area (Å²) >= 11 is 1.58. The molecule has 0 radical (unpaired) electrons. The fraction of sp³-hybridized carbons (Fsp3) is 0.714. The van der Waals surface area contributed by atoms with E-state index in [4.69, 9.17) is 4.74 Å². The van der Waals surface area contributed by atoms with E-state index in [0.29, 0.717) is 0 Å². The maximum atomic E-state index is 11.9. The number of amides is 1. The third-order valence-electron chi connectivity index (χ3n) is 3.36. The Hall–Kier alpha value is -0.940. The fourth-order valence-electron chi connectivity index (χ4n) is 2.33. The van der Waals surface area contributed by atoms with Crippen LogP contribution in [0.15, 0.2) is 5.38 Å². The number of thiazole rings is 1. The van der Waals surface area contributed by atoms with E-state index in [0.717, 1.165) is 23.5 Å². The molecule has 0 atom stereocenters. The second-order valence-electron chi connectivity index (χ2n) is 5.68. The molecule has 1 heterocycles. The van der Waals surface area contributed by atoms with E-state index in [1.54, 1.807) is 11.3 Å². The van der Waals surface area contributed by atoms with Gasteiger partial charge in [0, 0.05) is 11.1 Å². The van der Waals surface area contributed by atoms with Gasteiger partial charge in [0.05, 0.1) is 11.6 Å². The van der Waals surface area contributed by atoms with Gasteiger partial charge in [-0.2, -0.15) is 0 Å². The number of carbonyl (C=O) groups excluding carboxylic acids is 1. The molecule has 1 aromatic rings.